The molecule has 0 spiro atoms. The largest absolute Gasteiger partial charge is 0.431 e. The van der Waals surface area contributed by atoms with E-state index in [1.54, 1.807) is 6.92 Å². The Kier molecular flexibility index (Phi) is 4.73. The molecule has 0 aliphatic rings. The molecule has 21 heavy (non-hydrogen) atoms. The number of aromatic nitrogens is 3. The molecule has 0 aliphatic heterocycles. The van der Waals surface area contributed by atoms with Gasteiger partial charge in [-0.1, -0.05) is 11.6 Å². The Morgan fingerprint density at radius 2 is 2.24 bits per heavy atom. The second-order valence-electron chi connectivity index (χ2n) is 3.84. The van der Waals surface area contributed by atoms with Crippen LogP contribution in [0.3, 0.4) is 0 Å². The number of ether oxygens (including phenoxy) is 1. The number of rotatable bonds is 4. The number of hydrogen-bond donors (Lipinski definition) is 2. The van der Waals surface area contributed by atoms with Crippen LogP contribution in [-0.2, 0) is 0 Å². The molecule has 2 aromatic rings. The van der Waals surface area contributed by atoms with Crippen molar-refractivity contribution in [1.82, 2.24) is 15.2 Å². The van der Waals surface area contributed by atoms with Gasteiger partial charge in [-0.25, -0.2) is 4.98 Å². The smallest absolute Gasteiger partial charge is 0.387 e. The highest BCUT2D eigenvalue weighted by Crippen LogP contribution is 2.37. The third-order valence-corrected chi connectivity index (χ3v) is 3.07. The summed E-state index contributed by atoms with van der Waals surface area (Å²) in [6, 6.07) is 2.65. The van der Waals surface area contributed by atoms with Crippen LogP contribution < -0.4 is 10.1 Å². The zero-order valence-corrected chi connectivity index (χ0v) is 12.8. The summed E-state index contributed by atoms with van der Waals surface area (Å²) >= 11 is 8.88. The summed E-state index contributed by atoms with van der Waals surface area (Å²) in [7, 11) is 0. The third kappa shape index (κ3) is 3.88. The zero-order valence-electron chi connectivity index (χ0n) is 10.5. The van der Waals surface area contributed by atoms with Gasteiger partial charge in [0, 0.05) is 5.02 Å². The predicted molar refractivity (Wildman–Crippen MR) is 74.9 cm³/mol. The van der Waals surface area contributed by atoms with Gasteiger partial charge in [-0.3, -0.25) is 9.89 Å². The van der Waals surface area contributed by atoms with Crippen LogP contribution in [0.2, 0.25) is 5.02 Å². The van der Waals surface area contributed by atoms with Gasteiger partial charge in [0.05, 0.1) is 10.2 Å². The standard InChI is InChI=1S/C11H8BrClF2N4O2/c1-4-16-9(19-18-4)10(20)17-7-3-5(13)2-6(12)8(7)21-11(14)15/h2-3,11H,1H3,(H,17,20)(H,16,18,19). The van der Waals surface area contributed by atoms with E-state index in [9.17, 15) is 13.6 Å². The fourth-order valence-corrected chi connectivity index (χ4v) is 2.39. The number of carbonyl (C=O) groups is 1. The summed E-state index contributed by atoms with van der Waals surface area (Å²) in [5.41, 5.74) is -0.0258. The molecule has 1 aromatic carbocycles. The van der Waals surface area contributed by atoms with Crippen LogP contribution in [0.25, 0.3) is 0 Å². The molecule has 0 atom stereocenters. The highest BCUT2D eigenvalue weighted by molar-refractivity contribution is 9.10. The predicted octanol–water partition coefficient (Wildman–Crippen LogP) is 3.38. The lowest BCUT2D eigenvalue weighted by atomic mass is 10.3. The van der Waals surface area contributed by atoms with E-state index in [4.69, 9.17) is 11.6 Å². The first-order chi connectivity index (χ1) is 9.86. The summed E-state index contributed by atoms with van der Waals surface area (Å²) in [6.07, 6.45) is 0. The highest BCUT2D eigenvalue weighted by Gasteiger charge is 2.19. The zero-order chi connectivity index (χ0) is 15.6. The van der Waals surface area contributed by atoms with Crippen molar-refractivity contribution < 1.29 is 18.3 Å². The topological polar surface area (TPSA) is 79.9 Å². The molecule has 0 radical (unpaired) electrons. The fourth-order valence-electron chi connectivity index (χ4n) is 1.48. The minimum absolute atomic E-state index is 0.0258. The van der Waals surface area contributed by atoms with E-state index in [-0.39, 0.29) is 26.8 Å². The van der Waals surface area contributed by atoms with Gasteiger partial charge in [-0.2, -0.15) is 8.78 Å². The Morgan fingerprint density at radius 1 is 1.52 bits per heavy atom. The summed E-state index contributed by atoms with van der Waals surface area (Å²) in [4.78, 5) is 15.8. The van der Waals surface area contributed by atoms with Crippen LogP contribution in [-0.4, -0.2) is 27.7 Å². The maximum Gasteiger partial charge on any atom is 0.387 e. The van der Waals surface area contributed by atoms with Crippen LogP contribution in [0, 0.1) is 6.92 Å². The molecule has 0 bridgehead atoms. The van der Waals surface area contributed by atoms with Crippen molar-refractivity contribution in [3.05, 3.63) is 33.3 Å². The molecule has 112 valence electrons. The Balaban J connectivity index is 2.32. The lowest BCUT2D eigenvalue weighted by Gasteiger charge is -2.13. The minimum Gasteiger partial charge on any atom is -0.431 e. The van der Waals surface area contributed by atoms with Gasteiger partial charge in [0.2, 0.25) is 5.82 Å². The van der Waals surface area contributed by atoms with E-state index < -0.39 is 12.5 Å². The number of aromatic amines is 1. The summed E-state index contributed by atoms with van der Waals surface area (Å²) < 4.78 is 29.4. The Morgan fingerprint density at radius 3 is 2.81 bits per heavy atom. The first-order valence-electron chi connectivity index (χ1n) is 5.51. The fraction of sp³-hybridized carbons (Fsp3) is 0.182. The van der Waals surface area contributed by atoms with E-state index in [2.05, 4.69) is 41.2 Å². The molecule has 0 aliphatic carbocycles. The number of nitrogens with one attached hydrogen (secondary N) is 2. The van der Waals surface area contributed by atoms with Crippen molar-refractivity contribution in [2.75, 3.05) is 5.32 Å². The van der Waals surface area contributed by atoms with Gasteiger partial charge < -0.3 is 10.1 Å². The molecule has 2 N–H and O–H groups in total. The monoisotopic (exact) mass is 380 g/mol. The van der Waals surface area contributed by atoms with Crippen LogP contribution in [0.1, 0.15) is 16.4 Å². The third-order valence-electron chi connectivity index (χ3n) is 2.26. The highest BCUT2D eigenvalue weighted by atomic mass is 79.9. The minimum atomic E-state index is -3.05. The van der Waals surface area contributed by atoms with Crippen molar-refractivity contribution in [3.63, 3.8) is 0 Å². The number of hydrogen-bond acceptors (Lipinski definition) is 4. The number of halogens is 4. The van der Waals surface area contributed by atoms with Crippen molar-refractivity contribution in [2.45, 2.75) is 13.5 Å². The van der Waals surface area contributed by atoms with Gasteiger partial charge in [0.1, 0.15) is 5.82 Å². The van der Waals surface area contributed by atoms with Gasteiger partial charge in [0.15, 0.2) is 5.75 Å². The number of amides is 1. The molecule has 0 saturated carbocycles. The van der Waals surface area contributed by atoms with E-state index in [0.717, 1.165) is 0 Å². The molecule has 0 unspecified atom stereocenters. The number of anilines is 1. The summed E-state index contributed by atoms with van der Waals surface area (Å²) in [5.74, 6) is -0.620. The average Bonchev–Trinajstić information content (AvgIpc) is 2.80. The second kappa shape index (κ2) is 6.35. The van der Waals surface area contributed by atoms with Crippen LogP contribution in [0.5, 0.6) is 5.75 Å². The Hall–Kier alpha value is -1.74. The molecule has 1 aromatic heterocycles. The van der Waals surface area contributed by atoms with Crippen molar-refractivity contribution in [3.8, 4) is 5.75 Å². The van der Waals surface area contributed by atoms with E-state index in [1.807, 2.05) is 0 Å². The van der Waals surface area contributed by atoms with Crippen molar-refractivity contribution >= 4 is 39.1 Å². The molecule has 1 heterocycles. The average molecular weight is 382 g/mol. The molecule has 0 saturated heterocycles. The van der Waals surface area contributed by atoms with E-state index in [0.29, 0.717) is 5.82 Å². The van der Waals surface area contributed by atoms with Gasteiger partial charge in [-0.15, -0.1) is 5.10 Å². The molecule has 1 amide bonds. The van der Waals surface area contributed by atoms with Crippen molar-refractivity contribution in [2.24, 2.45) is 0 Å². The number of alkyl halides is 2. The molecule has 2 rings (SSSR count). The first-order valence-corrected chi connectivity index (χ1v) is 6.68. The maximum atomic E-state index is 12.4. The molecule has 0 fully saturated rings. The molecule has 10 heteroatoms. The Labute approximate surface area is 131 Å². The first kappa shape index (κ1) is 15.6. The summed E-state index contributed by atoms with van der Waals surface area (Å²) in [5, 5.41) is 8.76. The maximum absolute atomic E-state index is 12.4. The van der Waals surface area contributed by atoms with Gasteiger partial charge >= 0.3 is 6.61 Å². The second-order valence-corrected chi connectivity index (χ2v) is 5.13. The molecular weight excluding hydrogens is 374 g/mol. The van der Waals surface area contributed by atoms with Crippen LogP contribution in [0.4, 0.5) is 14.5 Å². The SMILES string of the molecule is Cc1nc(C(=O)Nc2cc(Cl)cc(Br)c2OC(F)F)n[nH]1. The number of benzene rings is 1. The molecular formula is C11H8BrClF2N4O2. The van der Waals surface area contributed by atoms with E-state index >= 15 is 0 Å². The number of nitrogens with zero attached hydrogens (tertiary/aromatic N) is 2. The van der Waals surface area contributed by atoms with Crippen LogP contribution >= 0.6 is 27.5 Å². The number of H-pyrrole nitrogens is 1. The van der Waals surface area contributed by atoms with E-state index in [1.165, 1.54) is 12.1 Å². The van der Waals surface area contributed by atoms with Gasteiger partial charge in [-0.05, 0) is 35.0 Å². The quantitative estimate of drug-likeness (QED) is 0.851. The number of carbonyl (C=O) groups excluding carboxylic acids is 1. The van der Waals surface area contributed by atoms with Crippen molar-refractivity contribution in [1.29, 1.82) is 0 Å². The lowest BCUT2D eigenvalue weighted by Crippen LogP contribution is -2.15. The lowest BCUT2D eigenvalue weighted by molar-refractivity contribution is -0.0498. The normalized spacial score (nSPS) is 10.8. The van der Waals surface area contributed by atoms with Gasteiger partial charge in [0.25, 0.3) is 5.91 Å². The summed E-state index contributed by atoms with van der Waals surface area (Å²) in [6.45, 7) is -1.44. The number of aryl methyl sites for hydroxylation is 1. The Bertz CT molecular complexity index is 680. The molecule has 6 nitrogen and oxygen atoms in total. The van der Waals surface area contributed by atoms with Crippen LogP contribution in [0.15, 0.2) is 16.6 Å².